The van der Waals surface area contributed by atoms with Gasteiger partial charge in [-0.05, 0) is 37.4 Å². The van der Waals surface area contributed by atoms with E-state index in [2.05, 4.69) is 22.2 Å². The zero-order valence-electron chi connectivity index (χ0n) is 11.7. The van der Waals surface area contributed by atoms with E-state index in [-0.39, 0.29) is 6.04 Å². The highest BCUT2D eigenvalue weighted by atomic mass is 32.2. The summed E-state index contributed by atoms with van der Waals surface area (Å²) in [5, 5.41) is 3.44. The van der Waals surface area contributed by atoms with Gasteiger partial charge in [-0.25, -0.2) is 13.4 Å². The number of imidazole rings is 1. The summed E-state index contributed by atoms with van der Waals surface area (Å²) in [7, 11) is -3.26. The van der Waals surface area contributed by atoms with Crippen LogP contribution in [0.3, 0.4) is 0 Å². The van der Waals surface area contributed by atoms with Gasteiger partial charge in [-0.3, -0.25) is 0 Å². The van der Waals surface area contributed by atoms with Crippen LogP contribution >= 0.6 is 0 Å². The molecule has 108 valence electrons. The lowest BCUT2D eigenvalue weighted by molar-refractivity contribution is 0.317. The lowest BCUT2D eigenvalue weighted by Crippen LogP contribution is -2.31. The Labute approximate surface area is 118 Å². The topological polar surface area (TPSA) is 74.8 Å². The van der Waals surface area contributed by atoms with Crippen LogP contribution < -0.4 is 5.32 Å². The minimum atomic E-state index is -3.26. The molecule has 0 aliphatic carbocycles. The molecule has 0 radical (unpaired) electrons. The van der Waals surface area contributed by atoms with Crippen molar-refractivity contribution in [2.24, 2.45) is 5.92 Å². The molecule has 0 bridgehead atoms. The number of rotatable bonds is 2. The van der Waals surface area contributed by atoms with E-state index in [9.17, 15) is 8.42 Å². The number of nitrogens with one attached hydrogen (secondary N) is 2. The van der Waals surface area contributed by atoms with Crippen LogP contribution in [0.1, 0.15) is 31.6 Å². The fourth-order valence-electron chi connectivity index (χ4n) is 2.80. The van der Waals surface area contributed by atoms with Crippen LogP contribution in [0.5, 0.6) is 0 Å². The van der Waals surface area contributed by atoms with Gasteiger partial charge in [0.15, 0.2) is 9.84 Å². The number of sulfone groups is 1. The predicted octanol–water partition coefficient (Wildman–Crippen LogP) is 2.03. The molecule has 0 spiro atoms. The van der Waals surface area contributed by atoms with Gasteiger partial charge in [0.1, 0.15) is 11.3 Å². The molecule has 2 aromatic rings. The highest BCUT2D eigenvalue weighted by Crippen LogP contribution is 2.28. The van der Waals surface area contributed by atoms with Crippen LogP contribution in [0.4, 0.5) is 0 Å². The first-order chi connectivity index (χ1) is 9.45. The maximum absolute atomic E-state index is 11.8. The van der Waals surface area contributed by atoms with E-state index in [0.29, 0.717) is 16.3 Å². The van der Waals surface area contributed by atoms with Gasteiger partial charge in [-0.15, -0.1) is 0 Å². The third kappa shape index (κ3) is 2.45. The average Bonchev–Trinajstić information content (AvgIpc) is 2.81. The van der Waals surface area contributed by atoms with E-state index in [1.54, 1.807) is 12.1 Å². The first kappa shape index (κ1) is 13.6. The molecule has 20 heavy (non-hydrogen) atoms. The molecule has 1 fully saturated rings. The number of benzene rings is 1. The Kier molecular flexibility index (Phi) is 3.30. The van der Waals surface area contributed by atoms with Gasteiger partial charge in [-0.2, -0.15) is 0 Å². The van der Waals surface area contributed by atoms with Gasteiger partial charge in [-0.1, -0.05) is 13.0 Å². The fraction of sp³-hybridized carbons (Fsp3) is 0.500. The second-order valence-electron chi connectivity index (χ2n) is 5.68. The molecule has 1 saturated heterocycles. The van der Waals surface area contributed by atoms with Gasteiger partial charge in [0.25, 0.3) is 0 Å². The van der Waals surface area contributed by atoms with Crippen LogP contribution in [-0.2, 0) is 9.84 Å². The summed E-state index contributed by atoms with van der Waals surface area (Å²) < 4.78 is 23.6. The van der Waals surface area contributed by atoms with Gasteiger partial charge < -0.3 is 10.3 Å². The Morgan fingerprint density at radius 1 is 1.35 bits per heavy atom. The van der Waals surface area contributed by atoms with Crippen LogP contribution in [0.25, 0.3) is 11.0 Å². The van der Waals surface area contributed by atoms with Crippen LogP contribution in [-0.4, -0.2) is 31.2 Å². The van der Waals surface area contributed by atoms with Crippen molar-refractivity contribution in [2.75, 3.05) is 12.8 Å². The largest absolute Gasteiger partial charge is 0.341 e. The summed E-state index contributed by atoms with van der Waals surface area (Å²) >= 11 is 0. The minimum absolute atomic E-state index is 0.179. The molecule has 2 heterocycles. The monoisotopic (exact) mass is 293 g/mol. The third-order valence-electron chi connectivity index (χ3n) is 3.89. The summed E-state index contributed by atoms with van der Waals surface area (Å²) in [6.45, 7) is 3.21. The molecule has 6 heteroatoms. The number of aromatic amines is 1. The minimum Gasteiger partial charge on any atom is -0.341 e. The van der Waals surface area contributed by atoms with E-state index in [4.69, 9.17) is 0 Å². The molecule has 2 unspecified atom stereocenters. The van der Waals surface area contributed by atoms with Crippen molar-refractivity contribution in [3.8, 4) is 0 Å². The van der Waals surface area contributed by atoms with Crippen molar-refractivity contribution in [3.63, 3.8) is 0 Å². The number of fused-ring (bicyclic) bond motifs is 1. The van der Waals surface area contributed by atoms with E-state index >= 15 is 0 Å². The van der Waals surface area contributed by atoms with Crippen molar-refractivity contribution >= 4 is 20.9 Å². The smallest absolute Gasteiger partial charge is 0.177 e. The van der Waals surface area contributed by atoms with Crippen molar-refractivity contribution < 1.29 is 8.42 Å². The number of piperidine rings is 1. The van der Waals surface area contributed by atoms with Crippen molar-refractivity contribution in [3.05, 3.63) is 24.0 Å². The molecule has 1 aliphatic heterocycles. The molecule has 0 saturated carbocycles. The number of aromatic nitrogens is 2. The number of hydrogen-bond acceptors (Lipinski definition) is 4. The fourth-order valence-corrected chi connectivity index (χ4v) is 3.64. The van der Waals surface area contributed by atoms with Crippen molar-refractivity contribution in [2.45, 2.75) is 30.7 Å². The van der Waals surface area contributed by atoms with Gasteiger partial charge in [0.05, 0.1) is 16.5 Å². The average molecular weight is 293 g/mol. The van der Waals surface area contributed by atoms with Crippen molar-refractivity contribution in [1.29, 1.82) is 0 Å². The first-order valence-electron chi connectivity index (χ1n) is 6.87. The number of hydrogen-bond donors (Lipinski definition) is 2. The van der Waals surface area contributed by atoms with E-state index < -0.39 is 9.84 Å². The lowest BCUT2D eigenvalue weighted by atomic mass is 9.94. The lowest BCUT2D eigenvalue weighted by Gasteiger charge is -2.26. The highest BCUT2D eigenvalue weighted by molar-refractivity contribution is 7.91. The Morgan fingerprint density at radius 2 is 2.15 bits per heavy atom. The molecule has 2 atom stereocenters. The predicted molar refractivity (Wildman–Crippen MR) is 78.3 cm³/mol. The first-order valence-corrected chi connectivity index (χ1v) is 8.76. The van der Waals surface area contributed by atoms with E-state index in [1.807, 2.05) is 6.07 Å². The van der Waals surface area contributed by atoms with Crippen LogP contribution in [0.2, 0.25) is 0 Å². The number of nitrogens with zero attached hydrogens (tertiary/aromatic N) is 1. The summed E-state index contributed by atoms with van der Waals surface area (Å²) in [5.74, 6) is 1.49. The van der Waals surface area contributed by atoms with Crippen LogP contribution in [0.15, 0.2) is 23.1 Å². The van der Waals surface area contributed by atoms with Gasteiger partial charge in [0.2, 0.25) is 0 Å². The molecule has 1 aromatic heterocycles. The summed E-state index contributed by atoms with van der Waals surface area (Å²) in [5.41, 5.74) is 1.33. The molecule has 0 amide bonds. The van der Waals surface area contributed by atoms with E-state index in [1.165, 1.54) is 12.7 Å². The maximum atomic E-state index is 11.8. The number of para-hydroxylation sites is 1. The molecule has 1 aromatic carbocycles. The molecule has 3 rings (SSSR count). The summed E-state index contributed by atoms with van der Waals surface area (Å²) in [6, 6.07) is 5.40. The maximum Gasteiger partial charge on any atom is 0.177 e. The third-order valence-corrected chi connectivity index (χ3v) is 5.02. The number of H-pyrrole nitrogens is 1. The Bertz CT molecular complexity index is 736. The highest BCUT2D eigenvalue weighted by Gasteiger charge is 2.23. The van der Waals surface area contributed by atoms with E-state index in [0.717, 1.165) is 24.3 Å². The zero-order chi connectivity index (χ0) is 14.3. The van der Waals surface area contributed by atoms with Crippen LogP contribution in [0, 0.1) is 5.92 Å². The molecular weight excluding hydrogens is 274 g/mol. The molecule has 5 nitrogen and oxygen atoms in total. The summed E-state index contributed by atoms with van der Waals surface area (Å²) in [4.78, 5) is 8.09. The SMILES string of the molecule is CC1CCNC(c2nc3c(S(C)(=O)=O)cccc3[nH]2)C1. The molecule has 2 N–H and O–H groups in total. The second kappa shape index (κ2) is 4.86. The Balaban J connectivity index is 2.07. The zero-order valence-corrected chi connectivity index (χ0v) is 12.5. The quantitative estimate of drug-likeness (QED) is 0.888. The Morgan fingerprint density at radius 3 is 2.85 bits per heavy atom. The summed E-state index contributed by atoms with van der Waals surface area (Å²) in [6.07, 6.45) is 3.41. The normalized spacial score (nSPS) is 24.1. The van der Waals surface area contributed by atoms with Gasteiger partial charge in [0, 0.05) is 6.26 Å². The van der Waals surface area contributed by atoms with Crippen molar-refractivity contribution in [1.82, 2.24) is 15.3 Å². The van der Waals surface area contributed by atoms with Gasteiger partial charge >= 0.3 is 0 Å². The second-order valence-corrected chi connectivity index (χ2v) is 7.67. The molecule has 1 aliphatic rings. The molecular formula is C14H19N3O2S. The Hall–Kier alpha value is -1.40. The standard InChI is InChI=1S/C14H19N3O2S/c1-9-6-7-15-11(8-9)14-16-10-4-3-5-12(13(10)17-14)20(2,18)19/h3-5,9,11,15H,6-8H2,1-2H3,(H,16,17).